The highest BCUT2D eigenvalue weighted by molar-refractivity contribution is 9.10. The molecule has 0 atom stereocenters. The largest absolute Gasteiger partial charge is 0.379 e. The van der Waals surface area contributed by atoms with Crippen LogP contribution in [0.4, 0.5) is 15.8 Å². The molecular weight excluding hydrogens is 393 g/mol. The van der Waals surface area contributed by atoms with Gasteiger partial charge in [-0.25, -0.2) is 4.39 Å². The van der Waals surface area contributed by atoms with Crippen LogP contribution in [0.15, 0.2) is 46.9 Å². The first-order valence-electron chi connectivity index (χ1n) is 7.65. The zero-order chi connectivity index (χ0) is 18.2. The van der Waals surface area contributed by atoms with Crippen LogP contribution in [0, 0.1) is 15.9 Å². The van der Waals surface area contributed by atoms with Gasteiger partial charge in [-0.3, -0.25) is 14.9 Å². The summed E-state index contributed by atoms with van der Waals surface area (Å²) in [5.74, 6) is -0.485. The number of carbonyl (C=O) groups excluding carboxylic acids is 1. The smallest absolute Gasteiger partial charge is 0.292 e. The van der Waals surface area contributed by atoms with Crippen molar-refractivity contribution in [3.8, 4) is 0 Å². The predicted octanol–water partition coefficient (Wildman–Crippen LogP) is 3.66. The summed E-state index contributed by atoms with van der Waals surface area (Å²) < 4.78 is 13.5. The zero-order valence-corrected chi connectivity index (χ0v) is 14.9. The summed E-state index contributed by atoms with van der Waals surface area (Å²) in [4.78, 5) is 22.2. The number of hydrogen-bond acceptors (Lipinski definition) is 4. The molecule has 2 aromatic rings. The summed E-state index contributed by atoms with van der Waals surface area (Å²) in [6.45, 7) is 0.723. The molecule has 8 heteroatoms. The molecule has 0 radical (unpaired) electrons. The molecular formula is C17H17BrFN3O3. The van der Waals surface area contributed by atoms with Gasteiger partial charge in [0.05, 0.1) is 9.40 Å². The van der Waals surface area contributed by atoms with Crippen molar-refractivity contribution in [2.75, 3.05) is 18.4 Å². The molecule has 0 aromatic heterocycles. The van der Waals surface area contributed by atoms with E-state index in [-0.39, 0.29) is 23.8 Å². The first kappa shape index (κ1) is 18.9. The van der Waals surface area contributed by atoms with E-state index >= 15 is 0 Å². The Bertz CT molecular complexity index is 771. The number of hydrogen-bond donors (Lipinski definition) is 2. The Kier molecular flexibility index (Phi) is 6.88. The van der Waals surface area contributed by atoms with E-state index in [1.54, 1.807) is 30.3 Å². The Labute approximate surface area is 152 Å². The second kappa shape index (κ2) is 9.12. The maximum absolute atomic E-state index is 13.1. The number of anilines is 1. The molecule has 0 heterocycles. The predicted molar refractivity (Wildman–Crippen MR) is 97.0 cm³/mol. The van der Waals surface area contributed by atoms with E-state index in [0.717, 1.165) is 5.56 Å². The van der Waals surface area contributed by atoms with Crippen LogP contribution in [0.25, 0.3) is 0 Å². The van der Waals surface area contributed by atoms with Crippen molar-refractivity contribution >= 4 is 33.2 Å². The van der Waals surface area contributed by atoms with Gasteiger partial charge in [0.2, 0.25) is 5.91 Å². The maximum atomic E-state index is 13.1. The SMILES string of the molecule is O=C(CCNc1ccccc1[N+](=O)[O-])NCCc1ccc(F)c(Br)c1. The number of rotatable bonds is 8. The third-order valence-corrected chi connectivity index (χ3v) is 4.10. The number of para-hydroxylation sites is 2. The summed E-state index contributed by atoms with van der Waals surface area (Å²) >= 11 is 3.12. The van der Waals surface area contributed by atoms with Crippen LogP contribution in [0.2, 0.25) is 0 Å². The zero-order valence-electron chi connectivity index (χ0n) is 13.3. The van der Waals surface area contributed by atoms with E-state index in [1.807, 2.05) is 0 Å². The molecule has 132 valence electrons. The van der Waals surface area contributed by atoms with E-state index < -0.39 is 4.92 Å². The normalized spacial score (nSPS) is 10.3. The average Bonchev–Trinajstić information content (AvgIpc) is 2.58. The van der Waals surface area contributed by atoms with E-state index in [2.05, 4.69) is 26.6 Å². The lowest BCUT2D eigenvalue weighted by atomic mass is 10.1. The number of nitro groups is 1. The second-order valence-corrected chi connectivity index (χ2v) is 6.15. The van der Waals surface area contributed by atoms with Gasteiger partial charge >= 0.3 is 0 Å². The fourth-order valence-electron chi connectivity index (χ4n) is 2.22. The molecule has 0 unspecified atom stereocenters. The Hall–Kier alpha value is -2.48. The van der Waals surface area contributed by atoms with Crippen molar-refractivity contribution in [2.45, 2.75) is 12.8 Å². The topological polar surface area (TPSA) is 84.3 Å². The van der Waals surface area contributed by atoms with Gasteiger partial charge in [0.25, 0.3) is 5.69 Å². The van der Waals surface area contributed by atoms with Crippen LogP contribution < -0.4 is 10.6 Å². The van der Waals surface area contributed by atoms with Crippen molar-refractivity contribution in [2.24, 2.45) is 0 Å². The lowest BCUT2D eigenvalue weighted by Gasteiger charge is -2.08. The lowest BCUT2D eigenvalue weighted by Crippen LogP contribution is -2.27. The summed E-state index contributed by atoms with van der Waals surface area (Å²) in [5.41, 5.74) is 1.27. The summed E-state index contributed by atoms with van der Waals surface area (Å²) in [6.07, 6.45) is 0.779. The molecule has 0 bridgehead atoms. The number of nitrogens with zero attached hydrogens (tertiary/aromatic N) is 1. The van der Waals surface area contributed by atoms with Gasteiger partial charge in [-0.1, -0.05) is 18.2 Å². The fraction of sp³-hybridized carbons (Fsp3) is 0.235. The van der Waals surface area contributed by atoms with Gasteiger partial charge in [-0.05, 0) is 46.1 Å². The molecule has 25 heavy (non-hydrogen) atoms. The summed E-state index contributed by atoms with van der Waals surface area (Å²) in [6, 6.07) is 11.0. The highest BCUT2D eigenvalue weighted by atomic mass is 79.9. The van der Waals surface area contributed by atoms with Crippen molar-refractivity contribution in [1.29, 1.82) is 0 Å². The highest BCUT2D eigenvalue weighted by Crippen LogP contribution is 2.22. The van der Waals surface area contributed by atoms with Crippen LogP contribution in [-0.2, 0) is 11.2 Å². The van der Waals surface area contributed by atoms with Crippen molar-refractivity contribution in [3.05, 3.63) is 68.4 Å². The van der Waals surface area contributed by atoms with Crippen molar-refractivity contribution in [3.63, 3.8) is 0 Å². The van der Waals surface area contributed by atoms with E-state index in [1.165, 1.54) is 12.1 Å². The Morgan fingerprint density at radius 2 is 1.96 bits per heavy atom. The van der Waals surface area contributed by atoms with E-state index in [0.29, 0.717) is 29.7 Å². The fourth-order valence-corrected chi connectivity index (χ4v) is 2.65. The maximum Gasteiger partial charge on any atom is 0.292 e. The number of nitro benzene ring substituents is 1. The average molecular weight is 410 g/mol. The summed E-state index contributed by atoms with van der Waals surface area (Å²) in [5, 5.41) is 16.6. The molecule has 0 saturated carbocycles. The van der Waals surface area contributed by atoms with Gasteiger partial charge in [-0.15, -0.1) is 0 Å². The number of halogens is 2. The van der Waals surface area contributed by atoms with E-state index in [9.17, 15) is 19.3 Å². The van der Waals surface area contributed by atoms with Crippen LogP contribution in [0.1, 0.15) is 12.0 Å². The number of carbonyl (C=O) groups is 1. The minimum Gasteiger partial charge on any atom is -0.379 e. The van der Waals surface area contributed by atoms with Crippen LogP contribution in [0.5, 0.6) is 0 Å². The third-order valence-electron chi connectivity index (χ3n) is 3.49. The van der Waals surface area contributed by atoms with Gasteiger partial charge < -0.3 is 10.6 Å². The molecule has 0 aliphatic heterocycles. The molecule has 0 saturated heterocycles. The summed E-state index contributed by atoms with van der Waals surface area (Å²) in [7, 11) is 0. The Morgan fingerprint density at radius 3 is 2.68 bits per heavy atom. The highest BCUT2D eigenvalue weighted by Gasteiger charge is 2.12. The first-order chi connectivity index (χ1) is 12.0. The van der Waals surface area contributed by atoms with Crippen molar-refractivity contribution in [1.82, 2.24) is 5.32 Å². The molecule has 2 aromatic carbocycles. The monoisotopic (exact) mass is 409 g/mol. The Morgan fingerprint density at radius 1 is 1.20 bits per heavy atom. The van der Waals surface area contributed by atoms with Crippen LogP contribution in [-0.4, -0.2) is 23.9 Å². The molecule has 0 aliphatic carbocycles. The van der Waals surface area contributed by atoms with E-state index in [4.69, 9.17) is 0 Å². The molecule has 2 rings (SSSR count). The Balaban J connectivity index is 1.72. The molecule has 0 aliphatic rings. The molecule has 0 fully saturated rings. The second-order valence-electron chi connectivity index (χ2n) is 5.30. The minimum absolute atomic E-state index is 0.0233. The molecule has 2 N–H and O–H groups in total. The third kappa shape index (κ3) is 5.82. The van der Waals surface area contributed by atoms with Gasteiger partial charge in [0.15, 0.2) is 0 Å². The lowest BCUT2D eigenvalue weighted by molar-refractivity contribution is -0.384. The number of nitrogens with one attached hydrogen (secondary N) is 2. The molecule has 6 nitrogen and oxygen atoms in total. The first-order valence-corrected chi connectivity index (χ1v) is 8.44. The quantitative estimate of drug-likeness (QED) is 0.514. The number of amides is 1. The van der Waals surface area contributed by atoms with Crippen LogP contribution in [0.3, 0.4) is 0 Å². The van der Waals surface area contributed by atoms with Crippen LogP contribution >= 0.6 is 15.9 Å². The van der Waals surface area contributed by atoms with Gasteiger partial charge in [-0.2, -0.15) is 0 Å². The molecule has 0 spiro atoms. The van der Waals surface area contributed by atoms with Crippen molar-refractivity contribution < 1.29 is 14.1 Å². The minimum atomic E-state index is -0.469. The standard InChI is InChI=1S/C17H17BrFN3O3/c18-13-11-12(5-6-14(13)19)7-9-21-17(23)8-10-20-15-3-1-2-4-16(15)22(24)25/h1-6,11,20H,7-10H2,(H,21,23). The molecule has 1 amide bonds. The number of benzene rings is 2. The van der Waals surface area contributed by atoms with Gasteiger partial charge in [0.1, 0.15) is 11.5 Å². The van der Waals surface area contributed by atoms with Gasteiger partial charge in [0, 0.05) is 25.6 Å².